The first kappa shape index (κ1) is 16.2. The van der Waals surface area contributed by atoms with Crippen LogP contribution in [-0.2, 0) is 17.9 Å². The number of amides is 1. The summed E-state index contributed by atoms with van der Waals surface area (Å²) < 4.78 is 2.65. The molecule has 1 fully saturated rings. The molecule has 0 atom stereocenters. The van der Waals surface area contributed by atoms with Crippen molar-refractivity contribution in [2.75, 3.05) is 0 Å². The molecule has 1 saturated carbocycles. The van der Waals surface area contributed by atoms with Gasteiger partial charge in [0.25, 0.3) is 0 Å². The van der Waals surface area contributed by atoms with Crippen LogP contribution in [0.1, 0.15) is 25.7 Å². The van der Waals surface area contributed by atoms with E-state index in [2.05, 4.69) is 11.9 Å². The number of nitrogens with zero attached hydrogens (tertiary/aromatic N) is 2. The average Bonchev–Trinajstić information content (AvgIpc) is 3.08. The topological polar surface area (TPSA) is 73.1 Å². The molecule has 1 N–H and O–H groups in total. The van der Waals surface area contributed by atoms with Crippen LogP contribution in [0.5, 0.6) is 0 Å². The zero-order valence-electron chi connectivity index (χ0n) is 13.5. The summed E-state index contributed by atoms with van der Waals surface area (Å²) >= 11 is 0. The van der Waals surface area contributed by atoms with Crippen LogP contribution in [0.3, 0.4) is 0 Å². The standard InChI is InChI=1S/C18H21N3O3/c1-2-11-20-14-9-5-6-10-15(14)21(18(24)17(20)23)12-16(22)19-13-7-3-4-8-13/h2,5-6,9-10,13H,1,3-4,7-8,11-12H2,(H,19,22). The van der Waals surface area contributed by atoms with Gasteiger partial charge in [-0.2, -0.15) is 0 Å². The third-order valence-electron chi connectivity index (χ3n) is 4.47. The van der Waals surface area contributed by atoms with Crippen molar-refractivity contribution in [3.8, 4) is 0 Å². The Hall–Kier alpha value is -2.63. The minimum Gasteiger partial charge on any atom is -0.352 e. The second-order valence-corrected chi connectivity index (χ2v) is 6.13. The van der Waals surface area contributed by atoms with Crippen LogP contribution < -0.4 is 16.4 Å². The molecule has 0 aliphatic heterocycles. The molecule has 1 amide bonds. The Bertz CT molecular complexity index is 888. The van der Waals surface area contributed by atoms with Crippen molar-refractivity contribution in [1.29, 1.82) is 0 Å². The molecule has 1 aliphatic carbocycles. The molecule has 3 rings (SSSR count). The van der Waals surface area contributed by atoms with E-state index < -0.39 is 11.1 Å². The summed E-state index contributed by atoms with van der Waals surface area (Å²) in [5, 5.41) is 2.95. The number of hydrogen-bond donors (Lipinski definition) is 1. The lowest BCUT2D eigenvalue weighted by atomic mass is 10.2. The highest BCUT2D eigenvalue weighted by Crippen LogP contribution is 2.17. The fourth-order valence-electron chi connectivity index (χ4n) is 3.32. The first-order valence-electron chi connectivity index (χ1n) is 8.24. The predicted octanol–water partition coefficient (Wildman–Crippen LogP) is 1.41. The quantitative estimate of drug-likeness (QED) is 0.666. The molecule has 2 aromatic rings. The van der Waals surface area contributed by atoms with Gasteiger partial charge in [-0.3, -0.25) is 23.5 Å². The average molecular weight is 327 g/mol. The van der Waals surface area contributed by atoms with Crippen molar-refractivity contribution in [3.05, 3.63) is 57.6 Å². The van der Waals surface area contributed by atoms with Crippen LogP contribution in [0, 0.1) is 0 Å². The van der Waals surface area contributed by atoms with Gasteiger partial charge in [-0.25, -0.2) is 0 Å². The maximum atomic E-state index is 12.5. The second-order valence-electron chi connectivity index (χ2n) is 6.13. The molecule has 1 aromatic heterocycles. The number of benzene rings is 1. The Morgan fingerprint density at radius 1 is 1.12 bits per heavy atom. The highest BCUT2D eigenvalue weighted by molar-refractivity contribution is 5.80. The number of para-hydroxylation sites is 2. The van der Waals surface area contributed by atoms with Gasteiger partial charge >= 0.3 is 11.1 Å². The van der Waals surface area contributed by atoms with Gasteiger partial charge in [-0.1, -0.05) is 31.1 Å². The predicted molar refractivity (Wildman–Crippen MR) is 93.1 cm³/mol. The van der Waals surface area contributed by atoms with Crippen molar-refractivity contribution in [3.63, 3.8) is 0 Å². The normalized spacial score (nSPS) is 14.8. The SMILES string of the molecule is C=CCn1c(=O)c(=O)n(CC(=O)NC2CCCC2)c2ccccc21. The first-order chi connectivity index (χ1) is 11.6. The molecule has 1 aliphatic rings. The van der Waals surface area contributed by atoms with Crippen LogP contribution in [0.2, 0.25) is 0 Å². The van der Waals surface area contributed by atoms with E-state index in [1.807, 2.05) is 0 Å². The zero-order chi connectivity index (χ0) is 17.1. The van der Waals surface area contributed by atoms with Crippen molar-refractivity contribution in [2.24, 2.45) is 0 Å². The Labute approximate surface area is 139 Å². The van der Waals surface area contributed by atoms with Gasteiger partial charge in [0.15, 0.2) is 0 Å². The zero-order valence-corrected chi connectivity index (χ0v) is 13.5. The van der Waals surface area contributed by atoms with Gasteiger partial charge in [0.05, 0.1) is 11.0 Å². The first-order valence-corrected chi connectivity index (χ1v) is 8.24. The van der Waals surface area contributed by atoms with Crippen LogP contribution in [0.4, 0.5) is 0 Å². The van der Waals surface area contributed by atoms with Crippen LogP contribution >= 0.6 is 0 Å². The Balaban J connectivity index is 2.01. The number of aromatic nitrogens is 2. The lowest BCUT2D eigenvalue weighted by Crippen LogP contribution is -2.44. The smallest absolute Gasteiger partial charge is 0.317 e. The second kappa shape index (κ2) is 6.86. The number of fused-ring (bicyclic) bond motifs is 1. The van der Waals surface area contributed by atoms with Gasteiger partial charge in [0.1, 0.15) is 6.54 Å². The summed E-state index contributed by atoms with van der Waals surface area (Å²) in [7, 11) is 0. The fraction of sp³-hybridized carbons (Fsp3) is 0.389. The van der Waals surface area contributed by atoms with Gasteiger partial charge < -0.3 is 5.32 Å². The third kappa shape index (κ3) is 3.04. The van der Waals surface area contributed by atoms with E-state index in [0.717, 1.165) is 25.7 Å². The molecule has 0 bridgehead atoms. The number of rotatable bonds is 5. The summed E-state index contributed by atoms with van der Waals surface area (Å²) in [6.45, 7) is 3.74. The molecule has 0 radical (unpaired) electrons. The Morgan fingerprint density at radius 2 is 1.71 bits per heavy atom. The molecule has 126 valence electrons. The van der Waals surface area contributed by atoms with Crippen molar-refractivity contribution in [2.45, 2.75) is 44.8 Å². The fourth-order valence-corrected chi connectivity index (χ4v) is 3.32. The molecule has 0 saturated heterocycles. The molecule has 1 aromatic carbocycles. The van der Waals surface area contributed by atoms with Crippen LogP contribution in [0.15, 0.2) is 46.5 Å². The minimum absolute atomic E-state index is 0.139. The van der Waals surface area contributed by atoms with E-state index in [4.69, 9.17) is 0 Å². The van der Waals surface area contributed by atoms with E-state index in [1.54, 1.807) is 30.3 Å². The van der Waals surface area contributed by atoms with Gasteiger partial charge in [0.2, 0.25) is 5.91 Å². The minimum atomic E-state index is -0.683. The Morgan fingerprint density at radius 3 is 2.33 bits per heavy atom. The number of hydrogen-bond acceptors (Lipinski definition) is 3. The monoisotopic (exact) mass is 327 g/mol. The molecule has 24 heavy (non-hydrogen) atoms. The van der Waals surface area contributed by atoms with Crippen molar-refractivity contribution < 1.29 is 4.79 Å². The van der Waals surface area contributed by atoms with E-state index in [0.29, 0.717) is 11.0 Å². The number of carbonyl (C=O) groups is 1. The van der Waals surface area contributed by atoms with Crippen molar-refractivity contribution in [1.82, 2.24) is 14.5 Å². The van der Waals surface area contributed by atoms with E-state index in [-0.39, 0.29) is 25.0 Å². The lowest BCUT2D eigenvalue weighted by Gasteiger charge is -2.16. The summed E-state index contributed by atoms with van der Waals surface area (Å²) in [5.41, 5.74) is -0.124. The molecule has 1 heterocycles. The van der Waals surface area contributed by atoms with E-state index in [9.17, 15) is 14.4 Å². The summed E-state index contributed by atoms with van der Waals surface area (Å²) in [6.07, 6.45) is 5.76. The lowest BCUT2D eigenvalue weighted by molar-refractivity contribution is -0.122. The molecular weight excluding hydrogens is 306 g/mol. The Kier molecular flexibility index (Phi) is 4.64. The summed E-state index contributed by atoms with van der Waals surface area (Å²) in [4.78, 5) is 37.1. The maximum absolute atomic E-state index is 12.5. The number of allylic oxidation sites excluding steroid dienone is 1. The largest absolute Gasteiger partial charge is 0.352 e. The molecule has 0 unspecified atom stereocenters. The maximum Gasteiger partial charge on any atom is 0.317 e. The van der Waals surface area contributed by atoms with Crippen LogP contribution in [-0.4, -0.2) is 21.1 Å². The van der Waals surface area contributed by atoms with E-state index in [1.165, 1.54) is 9.13 Å². The highest BCUT2D eigenvalue weighted by atomic mass is 16.2. The summed E-state index contributed by atoms with van der Waals surface area (Å²) in [6, 6.07) is 7.29. The molecule has 6 nitrogen and oxygen atoms in total. The molecular formula is C18H21N3O3. The van der Waals surface area contributed by atoms with E-state index >= 15 is 0 Å². The molecule has 0 spiro atoms. The number of carbonyl (C=O) groups excluding carboxylic acids is 1. The summed E-state index contributed by atoms with van der Waals surface area (Å²) in [5.74, 6) is -0.227. The van der Waals surface area contributed by atoms with Crippen molar-refractivity contribution >= 4 is 16.9 Å². The third-order valence-corrected chi connectivity index (χ3v) is 4.47. The van der Waals surface area contributed by atoms with Crippen LogP contribution in [0.25, 0.3) is 11.0 Å². The van der Waals surface area contributed by atoms with Gasteiger partial charge in [-0.05, 0) is 25.0 Å². The highest BCUT2D eigenvalue weighted by Gasteiger charge is 2.19. The molecule has 6 heteroatoms. The van der Waals surface area contributed by atoms with Gasteiger partial charge in [-0.15, -0.1) is 6.58 Å². The number of nitrogens with one attached hydrogen (secondary N) is 1. The van der Waals surface area contributed by atoms with Gasteiger partial charge in [0, 0.05) is 12.6 Å².